The molecular formula is C13H30OSi2. The Morgan fingerprint density at radius 1 is 1.06 bits per heavy atom. The van der Waals surface area contributed by atoms with E-state index in [1.165, 1.54) is 11.6 Å². The predicted molar refractivity (Wildman–Crippen MR) is 80.4 cm³/mol. The van der Waals surface area contributed by atoms with Gasteiger partial charge in [0.05, 0.1) is 6.61 Å². The van der Waals surface area contributed by atoms with Gasteiger partial charge in [-0.15, -0.1) is 0 Å². The van der Waals surface area contributed by atoms with E-state index in [0.29, 0.717) is 5.04 Å². The van der Waals surface area contributed by atoms with Crippen LogP contribution in [0.4, 0.5) is 0 Å². The number of hydrogen-bond donors (Lipinski definition) is 0. The van der Waals surface area contributed by atoms with Gasteiger partial charge in [-0.2, -0.15) is 0 Å². The fourth-order valence-corrected chi connectivity index (χ4v) is 3.90. The fraction of sp³-hybridized carbons (Fsp3) is 0.846. The van der Waals surface area contributed by atoms with Crippen molar-refractivity contribution < 1.29 is 4.43 Å². The summed E-state index contributed by atoms with van der Waals surface area (Å²) in [4.78, 5) is 0. The molecule has 1 nitrogen and oxygen atoms in total. The van der Waals surface area contributed by atoms with Crippen molar-refractivity contribution in [3.8, 4) is 0 Å². The van der Waals surface area contributed by atoms with Crippen LogP contribution in [0.5, 0.6) is 0 Å². The fourth-order valence-electron chi connectivity index (χ4n) is 1.30. The standard InChI is InChI=1S/C13H30OSi2/c1-12(11-15(5,6)7)10-14-16(8,9)13(2,3)4/h1,10-11H2,2-9H3. The molecule has 0 heterocycles. The molecule has 0 aliphatic heterocycles. The topological polar surface area (TPSA) is 9.23 Å². The summed E-state index contributed by atoms with van der Waals surface area (Å²) in [5, 5.41) is 0.298. The Labute approximate surface area is 104 Å². The highest BCUT2D eigenvalue weighted by molar-refractivity contribution is 6.76. The first-order chi connectivity index (χ1) is 6.85. The summed E-state index contributed by atoms with van der Waals surface area (Å²) in [7, 11) is -2.62. The molecule has 0 amide bonds. The summed E-state index contributed by atoms with van der Waals surface area (Å²) >= 11 is 0. The Morgan fingerprint density at radius 2 is 1.50 bits per heavy atom. The van der Waals surface area contributed by atoms with Crippen molar-refractivity contribution in [2.75, 3.05) is 6.61 Å². The minimum atomic E-state index is -1.59. The highest BCUT2D eigenvalue weighted by Gasteiger charge is 2.37. The van der Waals surface area contributed by atoms with E-state index in [-0.39, 0.29) is 0 Å². The van der Waals surface area contributed by atoms with Gasteiger partial charge < -0.3 is 4.43 Å². The molecule has 0 rings (SSSR count). The lowest BCUT2D eigenvalue weighted by Crippen LogP contribution is -2.41. The molecule has 0 radical (unpaired) electrons. The first kappa shape index (κ1) is 16.1. The largest absolute Gasteiger partial charge is 0.413 e. The van der Waals surface area contributed by atoms with Crippen molar-refractivity contribution in [2.45, 2.75) is 64.6 Å². The zero-order chi connectivity index (χ0) is 13.2. The van der Waals surface area contributed by atoms with Crippen LogP contribution >= 0.6 is 0 Å². The van der Waals surface area contributed by atoms with Gasteiger partial charge in [0.25, 0.3) is 0 Å². The average Bonchev–Trinajstić information content (AvgIpc) is 1.95. The van der Waals surface area contributed by atoms with Gasteiger partial charge in [-0.1, -0.05) is 52.6 Å². The lowest BCUT2D eigenvalue weighted by Gasteiger charge is -2.36. The highest BCUT2D eigenvalue weighted by Crippen LogP contribution is 2.36. The molecule has 3 heteroatoms. The molecule has 0 saturated heterocycles. The van der Waals surface area contributed by atoms with Gasteiger partial charge in [0, 0.05) is 8.07 Å². The molecular weight excluding hydrogens is 228 g/mol. The van der Waals surface area contributed by atoms with Crippen LogP contribution in [0.25, 0.3) is 0 Å². The van der Waals surface area contributed by atoms with Crippen molar-refractivity contribution in [3.05, 3.63) is 12.2 Å². The Kier molecular flexibility index (Phi) is 5.23. The lowest BCUT2D eigenvalue weighted by atomic mass is 10.2. The smallest absolute Gasteiger partial charge is 0.192 e. The van der Waals surface area contributed by atoms with Gasteiger partial charge in [0.1, 0.15) is 0 Å². The Morgan fingerprint density at radius 3 is 1.81 bits per heavy atom. The maximum absolute atomic E-state index is 6.16. The van der Waals surface area contributed by atoms with Gasteiger partial charge in [-0.3, -0.25) is 0 Å². The van der Waals surface area contributed by atoms with Crippen LogP contribution in [0.1, 0.15) is 20.8 Å². The molecule has 96 valence electrons. The molecule has 0 aliphatic carbocycles. The SMILES string of the molecule is C=C(CO[Si](C)(C)C(C)(C)C)C[Si](C)(C)C. The highest BCUT2D eigenvalue weighted by atomic mass is 28.4. The number of hydrogen-bond acceptors (Lipinski definition) is 1. The summed E-state index contributed by atoms with van der Waals surface area (Å²) in [6, 6.07) is 1.18. The summed E-state index contributed by atoms with van der Waals surface area (Å²) in [5.41, 5.74) is 1.28. The van der Waals surface area contributed by atoms with E-state index in [4.69, 9.17) is 4.43 Å². The van der Waals surface area contributed by atoms with E-state index in [2.05, 4.69) is 60.1 Å². The van der Waals surface area contributed by atoms with E-state index in [9.17, 15) is 0 Å². The summed E-state index contributed by atoms with van der Waals surface area (Å²) in [6.45, 7) is 23.5. The second kappa shape index (κ2) is 5.19. The molecule has 0 aromatic rings. The van der Waals surface area contributed by atoms with Gasteiger partial charge in [0.2, 0.25) is 0 Å². The minimum absolute atomic E-state index is 0.298. The summed E-state index contributed by atoms with van der Waals surface area (Å²) in [6.07, 6.45) is 0. The van der Waals surface area contributed by atoms with Crippen LogP contribution in [0.3, 0.4) is 0 Å². The summed E-state index contributed by atoms with van der Waals surface area (Å²) < 4.78 is 6.16. The third-order valence-electron chi connectivity index (χ3n) is 3.22. The number of rotatable bonds is 5. The van der Waals surface area contributed by atoms with Crippen molar-refractivity contribution >= 4 is 16.4 Å². The molecule has 0 unspecified atom stereocenters. The van der Waals surface area contributed by atoms with Crippen LogP contribution in [0.2, 0.25) is 43.8 Å². The van der Waals surface area contributed by atoms with Gasteiger partial charge in [-0.25, -0.2) is 0 Å². The Hall–Kier alpha value is 0.134. The van der Waals surface area contributed by atoms with Crippen molar-refractivity contribution in [1.29, 1.82) is 0 Å². The van der Waals surface area contributed by atoms with Crippen LogP contribution in [-0.2, 0) is 4.43 Å². The summed E-state index contributed by atoms with van der Waals surface area (Å²) in [5.74, 6) is 0. The Bertz CT molecular complexity index is 244. The van der Waals surface area contributed by atoms with E-state index in [0.717, 1.165) is 6.61 Å². The molecule has 0 atom stereocenters. The maximum Gasteiger partial charge on any atom is 0.192 e. The molecule has 0 N–H and O–H groups in total. The molecule has 0 bridgehead atoms. The van der Waals surface area contributed by atoms with Crippen LogP contribution in [0, 0.1) is 0 Å². The quantitative estimate of drug-likeness (QED) is 0.503. The van der Waals surface area contributed by atoms with Crippen LogP contribution < -0.4 is 0 Å². The van der Waals surface area contributed by atoms with E-state index in [1.807, 2.05) is 0 Å². The van der Waals surface area contributed by atoms with Crippen molar-refractivity contribution in [1.82, 2.24) is 0 Å². The normalized spacial score (nSPS) is 14.0. The molecule has 0 aliphatic rings. The third-order valence-corrected chi connectivity index (χ3v) is 9.26. The lowest BCUT2D eigenvalue weighted by molar-refractivity contribution is 0.319. The first-order valence-electron chi connectivity index (χ1n) is 6.16. The molecule has 0 aromatic carbocycles. The molecule has 16 heavy (non-hydrogen) atoms. The van der Waals surface area contributed by atoms with Crippen LogP contribution in [0.15, 0.2) is 12.2 Å². The minimum Gasteiger partial charge on any atom is -0.413 e. The zero-order valence-corrected chi connectivity index (χ0v) is 14.5. The second-order valence-electron chi connectivity index (χ2n) is 7.54. The first-order valence-corrected chi connectivity index (χ1v) is 12.8. The molecule has 0 saturated carbocycles. The van der Waals surface area contributed by atoms with Crippen molar-refractivity contribution in [2.24, 2.45) is 0 Å². The van der Waals surface area contributed by atoms with Gasteiger partial charge in [-0.05, 0) is 24.2 Å². The predicted octanol–water partition coefficient (Wildman–Crippen LogP) is 4.90. The molecule has 0 aromatic heterocycles. The second-order valence-corrected chi connectivity index (χ2v) is 17.8. The Balaban J connectivity index is 4.22. The van der Waals surface area contributed by atoms with E-state index in [1.54, 1.807) is 0 Å². The zero-order valence-electron chi connectivity index (χ0n) is 12.5. The van der Waals surface area contributed by atoms with Crippen LogP contribution in [-0.4, -0.2) is 23.0 Å². The molecule has 0 spiro atoms. The van der Waals surface area contributed by atoms with E-state index < -0.39 is 16.4 Å². The van der Waals surface area contributed by atoms with Gasteiger partial charge >= 0.3 is 0 Å². The van der Waals surface area contributed by atoms with Crippen molar-refractivity contribution in [3.63, 3.8) is 0 Å². The maximum atomic E-state index is 6.16. The average molecular weight is 259 g/mol. The van der Waals surface area contributed by atoms with Gasteiger partial charge in [0.15, 0.2) is 8.32 Å². The monoisotopic (exact) mass is 258 g/mol. The molecule has 0 fully saturated rings. The third kappa shape index (κ3) is 6.01. The van der Waals surface area contributed by atoms with E-state index >= 15 is 0 Å².